The van der Waals surface area contributed by atoms with Gasteiger partial charge >= 0.3 is 11.9 Å². The normalized spacial score (nSPS) is 11.9. The lowest BCUT2D eigenvalue weighted by Gasteiger charge is -2.11. The molecule has 0 saturated heterocycles. The Bertz CT molecular complexity index is 218. The highest BCUT2D eigenvalue weighted by Gasteiger charge is 2.13. The molecule has 0 radical (unpaired) electrons. The van der Waals surface area contributed by atoms with Crippen LogP contribution in [-0.2, 0) is 19.1 Å². The number of nitrogens with one attached hydrogen (secondary N) is 1. The highest BCUT2D eigenvalue weighted by atomic mass is 16.5. The first-order chi connectivity index (χ1) is 7.61. The fourth-order valence-electron chi connectivity index (χ4n) is 1.11. The summed E-state index contributed by atoms with van der Waals surface area (Å²) >= 11 is 0. The second kappa shape index (κ2) is 9.15. The Morgan fingerprint density at radius 3 is 2.38 bits per heavy atom. The molecule has 94 valence electrons. The van der Waals surface area contributed by atoms with Gasteiger partial charge in [-0.25, -0.2) is 0 Å². The highest BCUT2D eigenvalue weighted by Crippen LogP contribution is 1.96. The third-order valence-electron chi connectivity index (χ3n) is 1.95. The summed E-state index contributed by atoms with van der Waals surface area (Å²) in [6.07, 6.45) is 0.323. The van der Waals surface area contributed by atoms with E-state index in [9.17, 15) is 9.59 Å². The van der Waals surface area contributed by atoms with Crippen LogP contribution in [0.1, 0.15) is 27.2 Å². The lowest BCUT2D eigenvalue weighted by molar-refractivity contribution is -0.147. The molecule has 0 aromatic carbocycles. The van der Waals surface area contributed by atoms with Crippen molar-refractivity contribution in [3.8, 4) is 0 Å². The third kappa shape index (κ3) is 7.23. The van der Waals surface area contributed by atoms with Crippen molar-refractivity contribution in [1.82, 2.24) is 5.32 Å². The zero-order valence-corrected chi connectivity index (χ0v) is 10.2. The molecule has 1 N–H and O–H groups in total. The number of ether oxygens (including phenoxy) is 2. The van der Waals surface area contributed by atoms with Crippen LogP contribution >= 0.6 is 0 Å². The maximum atomic E-state index is 11.2. The van der Waals surface area contributed by atoms with Gasteiger partial charge in [-0.3, -0.25) is 9.59 Å². The monoisotopic (exact) mass is 231 g/mol. The van der Waals surface area contributed by atoms with Crippen LogP contribution in [0, 0.1) is 5.92 Å². The molecule has 0 aromatic rings. The lowest BCUT2D eigenvalue weighted by Crippen LogP contribution is -2.29. The Hall–Kier alpha value is -1.10. The van der Waals surface area contributed by atoms with Crippen molar-refractivity contribution in [2.45, 2.75) is 27.2 Å². The lowest BCUT2D eigenvalue weighted by atomic mass is 10.2. The summed E-state index contributed by atoms with van der Waals surface area (Å²) in [5.41, 5.74) is 0. The molecule has 5 nitrogen and oxygen atoms in total. The zero-order valence-electron chi connectivity index (χ0n) is 10.2. The Morgan fingerprint density at radius 2 is 1.81 bits per heavy atom. The van der Waals surface area contributed by atoms with E-state index in [0.717, 1.165) is 0 Å². The summed E-state index contributed by atoms with van der Waals surface area (Å²) in [6.45, 7) is 7.16. The quantitative estimate of drug-likeness (QED) is 0.493. The van der Waals surface area contributed by atoms with Crippen molar-refractivity contribution in [2.24, 2.45) is 5.92 Å². The van der Waals surface area contributed by atoms with E-state index < -0.39 is 0 Å². The van der Waals surface area contributed by atoms with Gasteiger partial charge in [-0.2, -0.15) is 0 Å². The fourth-order valence-corrected chi connectivity index (χ4v) is 1.11. The van der Waals surface area contributed by atoms with E-state index in [4.69, 9.17) is 9.47 Å². The molecule has 0 aromatic heterocycles. The Kier molecular flexibility index (Phi) is 8.52. The highest BCUT2D eigenvalue weighted by molar-refractivity contribution is 5.72. The molecule has 0 bridgehead atoms. The number of esters is 2. The first-order valence-corrected chi connectivity index (χ1v) is 5.64. The van der Waals surface area contributed by atoms with E-state index in [1.165, 1.54) is 0 Å². The maximum absolute atomic E-state index is 11.2. The number of rotatable bonds is 8. The fraction of sp³-hybridized carbons (Fsp3) is 0.818. The van der Waals surface area contributed by atoms with E-state index in [0.29, 0.717) is 32.7 Å². The van der Waals surface area contributed by atoms with Gasteiger partial charge in [0.15, 0.2) is 0 Å². The van der Waals surface area contributed by atoms with Crippen molar-refractivity contribution >= 4 is 11.9 Å². The van der Waals surface area contributed by atoms with Crippen molar-refractivity contribution in [3.05, 3.63) is 0 Å². The minimum absolute atomic E-state index is 0.192. The molecule has 0 aliphatic carbocycles. The molecule has 0 aliphatic rings. The van der Waals surface area contributed by atoms with Crippen molar-refractivity contribution < 1.29 is 19.1 Å². The Labute approximate surface area is 96.5 Å². The number of hydrogen-bond donors (Lipinski definition) is 1. The van der Waals surface area contributed by atoms with Gasteiger partial charge in [-0.15, -0.1) is 0 Å². The first kappa shape index (κ1) is 14.9. The van der Waals surface area contributed by atoms with E-state index in [2.05, 4.69) is 5.32 Å². The first-order valence-electron chi connectivity index (χ1n) is 5.64. The van der Waals surface area contributed by atoms with Crippen LogP contribution in [0.3, 0.4) is 0 Å². The Morgan fingerprint density at radius 1 is 1.19 bits per heavy atom. The van der Waals surface area contributed by atoms with Crippen LogP contribution in [0.2, 0.25) is 0 Å². The standard InChI is InChI=1S/C11H21NO4/c1-4-15-10(13)6-7-12-8-9(3)11(14)16-5-2/h9,12H,4-8H2,1-3H3. The largest absolute Gasteiger partial charge is 0.466 e. The summed E-state index contributed by atoms with van der Waals surface area (Å²) in [7, 11) is 0. The van der Waals surface area contributed by atoms with Gasteiger partial charge in [0.2, 0.25) is 0 Å². The average molecular weight is 231 g/mol. The van der Waals surface area contributed by atoms with E-state index in [1.54, 1.807) is 20.8 Å². The zero-order chi connectivity index (χ0) is 12.4. The van der Waals surface area contributed by atoms with Crippen LogP contribution in [0.25, 0.3) is 0 Å². The molecule has 0 heterocycles. The second-order valence-electron chi connectivity index (χ2n) is 3.41. The molecule has 1 unspecified atom stereocenters. The van der Waals surface area contributed by atoms with Crippen LogP contribution in [-0.4, -0.2) is 38.2 Å². The van der Waals surface area contributed by atoms with Crippen LogP contribution in [0.5, 0.6) is 0 Å². The maximum Gasteiger partial charge on any atom is 0.309 e. The van der Waals surface area contributed by atoms with Crippen LogP contribution in [0.15, 0.2) is 0 Å². The molecule has 0 fully saturated rings. The van der Waals surface area contributed by atoms with E-state index in [-0.39, 0.29) is 17.9 Å². The van der Waals surface area contributed by atoms with Gasteiger partial charge in [0.1, 0.15) is 0 Å². The molecule has 5 heteroatoms. The third-order valence-corrected chi connectivity index (χ3v) is 1.95. The molecule has 0 saturated carbocycles. The van der Waals surface area contributed by atoms with Gasteiger partial charge in [-0.05, 0) is 13.8 Å². The Balaban J connectivity index is 3.51. The number of hydrogen-bond acceptors (Lipinski definition) is 5. The summed E-state index contributed by atoms with van der Waals surface area (Å²) in [5, 5.41) is 3.01. The molecular formula is C11H21NO4. The minimum Gasteiger partial charge on any atom is -0.466 e. The molecular weight excluding hydrogens is 210 g/mol. The molecule has 1 atom stereocenters. The molecule has 0 spiro atoms. The molecule has 0 aliphatic heterocycles. The minimum atomic E-state index is -0.223. The topological polar surface area (TPSA) is 64.6 Å². The molecule has 0 amide bonds. The van der Waals surface area contributed by atoms with Crippen LogP contribution in [0.4, 0.5) is 0 Å². The number of carbonyl (C=O) groups is 2. The molecule has 0 rings (SSSR count). The van der Waals surface area contributed by atoms with Crippen molar-refractivity contribution in [1.29, 1.82) is 0 Å². The summed E-state index contributed by atoms with van der Waals surface area (Å²) in [5.74, 6) is -0.632. The van der Waals surface area contributed by atoms with Crippen LogP contribution < -0.4 is 5.32 Å². The van der Waals surface area contributed by atoms with E-state index in [1.807, 2.05) is 0 Å². The van der Waals surface area contributed by atoms with Gasteiger partial charge in [0.05, 0.1) is 25.6 Å². The summed E-state index contributed by atoms with van der Waals surface area (Å²) in [6, 6.07) is 0. The van der Waals surface area contributed by atoms with Gasteiger partial charge < -0.3 is 14.8 Å². The second-order valence-corrected chi connectivity index (χ2v) is 3.41. The SMILES string of the molecule is CCOC(=O)CCNCC(C)C(=O)OCC. The number of carbonyl (C=O) groups excluding carboxylic acids is 2. The average Bonchev–Trinajstić information content (AvgIpc) is 2.24. The molecule has 16 heavy (non-hydrogen) atoms. The predicted octanol–water partition coefficient (Wildman–Crippen LogP) is 0.728. The summed E-state index contributed by atoms with van der Waals surface area (Å²) in [4.78, 5) is 22.2. The van der Waals surface area contributed by atoms with E-state index >= 15 is 0 Å². The smallest absolute Gasteiger partial charge is 0.309 e. The summed E-state index contributed by atoms with van der Waals surface area (Å²) < 4.78 is 9.61. The van der Waals surface area contributed by atoms with Crippen molar-refractivity contribution in [2.75, 3.05) is 26.3 Å². The van der Waals surface area contributed by atoms with Gasteiger partial charge in [-0.1, -0.05) is 6.92 Å². The van der Waals surface area contributed by atoms with Gasteiger partial charge in [0.25, 0.3) is 0 Å². The van der Waals surface area contributed by atoms with Gasteiger partial charge in [0, 0.05) is 13.1 Å². The predicted molar refractivity (Wildman–Crippen MR) is 59.9 cm³/mol. The van der Waals surface area contributed by atoms with Crippen molar-refractivity contribution in [3.63, 3.8) is 0 Å².